The summed E-state index contributed by atoms with van der Waals surface area (Å²) in [6.07, 6.45) is 3.07. The fraction of sp³-hybridized carbons (Fsp3) is 0.750. The maximum atomic E-state index is 11.7. The van der Waals surface area contributed by atoms with Crippen LogP contribution in [0.3, 0.4) is 0 Å². The second kappa shape index (κ2) is 3.93. The van der Waals surface area contributed by atoms with Gasteiger partial charge in [-0.2, -0.15) is 5.10 Å². The molecule has 2 N–H and O–H groups in total. The zero-order valence-electron chi connectivity index (χ0n) is 7.98. The molecule has 0 atom stereocenters. The standard InChI is InChI=1S/C8H14N4O2/c9-14-6-5-12-8(13)11-4-2-1-3-7(11)10-12/h1-6,9H2. The highest BCUT2D eigenvalue weighted by Gasteiger charge is 2.15. The SMILES string of the molecule is NOCCn1nc2n(c1=O)CCCC2. The van der Waals surface area contributed by atoms with Gasteiger partial charge in [-0.15, -0.1) is 0 Å². The maximum absolute atomic E-state index is 11.7. The quantitative estimate of drug-likeness (QED) is 0.650. The molecule has 0 amide bonds. The number of hydrogen-bond donors (Lipinski definition) is 1. The fourth-order valence-corrected chi connectivity index (χ4v) is 1.73. The molecule has 6 heteroatoms. The van der Waals surface area contributed by atoms with Crippen LogP contribution in [0, 0.1) is 0 Å². The molecule has 6 nitrogen and oxygen atoms in total. The van der Waals surface area contributed by atoms with Gasteiger partial charge in [-0.25, -0.2) is 15.4 Å². The second-order valence-electron chi connectivity index (χ2n) is 3.40. The Kier molecular flexibility index (Phi) is 2.64. The summed E-state index contributed by atoms with van der Waals surface area (Å²) >= 11 is 0. The lowest BCUT2D eigenvalue weighted by atomic mass is 10.2. The summed E-state index contributed by atoms with van der Waals surface area (Å²) in [7, 11) is 0. The van der Waals surface area contributed by atoms with E-state index in [1.165, 1.54) is 4.68 Å². The summed E-state index contributed by atoms with van der Waals surface area (Å²) in [5.74, 6) is 5.79. The highest BCUT2D eigenvalue weighted by molar-refractivity contribution is 4.91. The van der Waals surface area contributed by atoms with E-state index in [0.29, 0.717) is 13.2 Å². The summed E-state index contributed by atoms with van der Waals surface area (Å²) in [5, 5.41) is 4.22. The predicted octanol–water partition coefficient (Wildman–Crippen LogP) is -0.729. The van der Waals surface area contributed by atoms with Crippen LogP contribution in [0.4, 0.5) is 0 Å². The Bertz CT molecular complexity index is 368. The molecule has 0 saturated heterocycles. The third-order valence-electron chi connectivity index (χ3n) is 2.45. The molecule has 0 spiro atoms. The van der Waals surface area contributed by atoms with Gasteiger partial charge in [-0.1, -0.05) is 0 Å². The van der Waals surface area contributed by atoms with Crippen molar-refractivity contribution in [1.82, 2.24) is 14.3 Å². The molecule has 0 unspecified atom stereocenters. The molecule has 2 rings (SSSR count). The molecule has 0 aliphatic carbocycles. The Balaban J connectivity index is 2.25. The van der Waals surface area contributed by atoms with E-state index in [9.17, 15) is 4.79 Å². The zero-order chi connectivity index (χ0) is 9.97. The molecule has 0 bridgehead atoms. The third kappa shape index (κ3) is 1.58. The number of rotatable bonds is 3. The molecule has 1 aromatic heterocycles. The average molecular weight is 198 g/mol. The van der Waals surface area contributed by atoms with E-state index in [2.05, 4.69) is 9.94 Å². The van der Waals surface area contributed by atoms with Gasteiger partial charge in [0.15, 0.2) is 0 Å². The van der Waals surface area contributed by atoms with Gasteiger partial charge in [0.25, 0.3) is 0 Å². The number of hydrogen-bond acceptors (Lipinski definition) is 4. The van der Waals surface area contributed by atoms with Crippen LogP contribution in [0.25, 0.3) is 0 Å². The number of nitrogens with zero attached hydrogens (tertiary/aromatic N) is 3. The molecule has 1 aromatic rings. The van der Waals surface area contributed by atoms with E-state index in [-0.39, 0.29) is 5.69 Å². The van der Waals surface area contributed by atoms with Crippen molar-refractivity contribution in [3.63, 3.8) is 0 Å². The average Bonchev–Trinajstić information content (AvgIpc) is 2.54. The Labute approximate surface area is 81.2 Å². The summed E-state index contributed by atoms with van der Waals surface area (Å²) in [6, 6.07) is 0. The van der Waals surface area contributed by atoms with Crippen LogP contribution in [-0.4, -0.2) is 21.0 Å². The van der Waals surface area contributed by atoms with Crippen molar-refractivity contribution in [3.05, 3.63) is 16.3 Å². The third-order valence-corrected chi connectivity index (χ3v) is 2.45. The molecule has 14 heavy (non-hydrogen) atoms. The topological polar surface area (TPSA) is 75.1 Å². The van der Waals surface area contributed by atoms with Gasteiger partial charge < -0.3 is 4.84 Å². The first-order valence-electron chi connectivity index (χ1n) is 4.81. The Morgan fingerprint density at radius 3 is 3.07 bits per heavy atom. The van der Waals surface area contributed by atoms with Crippen molar-refractivity contribution in [2.75, 3.05) is 6.61 Å². The monoisotopic (exact) mass is 198 g/mol. The van der Waals surface area contributed by atoms with Gasteiger partial charge >= 0.3 is 5.69 Å². The number of aromatic nitrogens is 3. The van der Waals surface area contributed by atoms with E-state index in [1.807, 2.05) is 0 Å². The largest absolute Gasteiger partial charge is 0.345 e. The maximum Gasteiger partial charge on any atom is 0.345 e. The van der Waals surface area contributed by atoms with Crippen LogP contribution < -0.4 is 11.6 Å². The van der Waals surface area contributed by atoms with E-state index in [4.69, 9.17) is 5.90 Å². The van der Waals surface area contributed by atoms with Crippen LogP contribution in [0.5, 0.6) is 0 Å². The van der Waals surface area contributed by atoms with Crippen molar-refractivity contribution >= 4 is 0 Å². The highest BCUT2D eigenvalue weighted by Crippen LogP contribution is 2.08. The van der Waals surface area contributed by atoms with Crippen molar-refractivity contribution < 1.29 is 4.84 Å². The van der Waals surface area contributed by atoms with Crippen molar-refractivity contribution in [2.24, 2.45) is 5.90 Å². The smallest absolute Gasteiger partial charge is 0.303 e. The molecule has 1 aliphatic heterocycles. The van der Waals surface area contributed by atoms with Crippen molar-refractivity contribution in [1.29, 1.82) is 0 Å². The minimum Gasteiger partial charge on any atom is -0.303 e. The Morgan fingerprint density at radius 2 is 2.36 bits per heavy atom. The lowest BCUT2D eigenvalue weighted by Gasteiger charge is -2.09. The van der Waals surface area contributed by atoms with Gasteiger partial charge in [-0.3, -0.25) is 4.57 Å². The van der Waals surface area contributed by atoms with Crippen LogP contribution in [0.2, 0.25) is 0 Å². The summed E-state index contributed by atoms with van der Waals surface area (Å²) in [4.78, 5) is 16.1. The van der Waals surface area contributed by atoms with Gasteiger partial charge in [-0.05, 0) is 12.8 Å². The molecular weight excluding hydrogens is 184 g/mol. The first-order valence-corrected chi connectivity index (χ1v) is 4.81. The molecule has 0 saturated carbocycles. The molecule has 78 valence electrons. The fourth-order valence-electron chi connectivity index (χ4n) is 1.73. The zero-order valence-corrected chi connectivity index (χ0v) is 7.98. The van der Waals surface area contributed by atoms with Crippen LogP contribution in [0.15, 0.2) is 4.79 Å². The Morgan fingerprint density at radius 1 is 1.50 bits per heavy atom. The van der Waals surface area contributed by atoms with Gasteiger partial charge in [0.1, 0.15) is 5.82 Å². The van der Waals surface area contributed by atoms with Crippen LogP contribution >= 0.6 is 0 Å². The summed E-state index contributed by atoms with van der Waals surface area (Å²) in [5.41, 5.74) is -0.0447. The normalized spacial score (nSPS) is 15.5. The lowest BCUT2D eigenvalue weighted by molar-refractivity contribution is 0.126. The first-order chi connectivity index (χ1) is 6.83. The highest BCUT2D eigenvalue weighted by atomic mass is 16.6. The van der Waals surface area contributed by atoms with E-state index < -0.39 is 0 Å². The molecule has 1 aliphatic rings. The summed E-state index contributed by atoms with van der Waals surface area (Å²) in [6.45, 7) is 1.53. The van der Waals surface area contributed by atoms with E-state index in [0.717, 1.165) is 31.6 Å². The molecule has 2 heterocycles. The molecular formula is C8H14N4O2. The van der Waals surface area contributed by atoms with E-state index in [1.54, 1.807) is 4.57 Å². The van der Waals surface area contributed by atoms with Crippen molar-refractivity contribution in [2.45, 2.75) is 32.4 Å². The molecule has 0 radical (unpaired) electrons. The number of fused-ring (bicyclic) bond motifs is 1. The van der Waals surface area contributed by atoms with Gasteiger partial charge in [0.05, 0.1) is 13.2 Å². The minimum absolute atomic E-state index is 0.0447. The first kappa shape index (κ1) is 9.42. The number of aryl methyl sites for hydroxylation is 1. The van der Waals surface area contributed by atoms with Gasteiger partial charge in [0, 0.05) is 13.0 Å². The number of nitrogens with two attached hydrogens (primary N) is 1. The lowest BCUT2D eigenvalue weighted by Crippen LogP contribution is -2.28. The van der Waals surface area contributed by atoms with Gasteiger partial charge in [0.2, 0.25) is 0 Å². The molecule has 0 fully saturated rings. The Hall–Kier alpha value is -1.14. The summed E-state index contributed by atoms with van der Waals surface area (Å²) < 4.78 is 3.16. The second-order valence-corrected chi connectivity index (χ2v) is 3.40. The minimum atomic E-state index is -0.0447. The predicted molar refractivity (Wildman–Crippen MR) is 49.6 cm³/mol. The van der Waals surface area contributed by atoms with E-state index >= 15 is 0 Å². The molecule has 0 aromatic carbocycles. The van der Waals surface area contributed by atoms with Crippen molar-refractivity contribution in [3.8, 4) is 0 Å². The van der Waals surface area contributed by atoms with Crippen LogP contribution in [0.1, 0.15) is 18.7 Å². The van der Waals surface area contributed by atoms with Crippen LogP contribution in [-0.2, 0) is 24.3 Å².